The summed E-state index contributed by atoms with van der Waals surface area (Å²) in [5.74, 6) is 1.26. The van der Waals surface area contributed by atoms with E-state index in [1.54, 1.807) is 0 Å². The van der Waals surface area contributed by atoms with Gasteiger partial charge in [0.05, 0.1) is 6.10 Å². The molecule has 0 bridgehead atoms. The van der Waals surface area contributed by atoms with Gasteiger partial charge in [0, 0.05) is 13.1 Å². The van der Waals surface area contributed by atoms with Crippen LogP contribution in [0, 0.1) is 0 Å². The largest absolute Gasteiger partial charge is 0.484 e. The summed E-state index contributed by atoms with van der Waals surface area (Å²) in [7, 11) is 0. The first kappa shape index (κ1) is 14.1. The predicted molar refractivity (Wildman–Crippen MR) is 75.1 cm³/mol. The van der Waals surface area contributed by atoms with E-state index in [0.29, 0.717) is 5.82 Å². The van der Waals surface area contributed by atoms with Gasteiger partial charge in [0.2, 0.25) is 0 Å². The molecule has 4 nitrogen and oxygen atoms in total. The molecule has 17 heavy (non-hydrogen) atoms. The van der Waals surface area contributed by atoms with Crippen LogP contribution in [0.3, 0.4) is 0 Å². The number of hydrogen-bond acceptors (Lipinski definition) is 5. The highest BCUT2D eigenvalue weighted by Crippen LogP contribution is 2.38. The number of anilines is 2. The zero-order valence-electron chi connectivity index (χ0n) is 11.2. The summed E-state index contributed by atoms with van der Waals surface area (Å²) in [5.41, 5.74) is 5.86. The minimum absolute atomic E-state index is 0.123. The minimum Gasteiger partial charge on any atom is -0.484 e. The summed E-state index contributed by atoms with van der Waals surface area (Å²) in [4.78, 5) is 2.29. The van der Waals surface area contributed by atoms with E-state index >= 15 is 0 Å². The van der Waals surface area contributed by atoms with Crippen LogP contribution in [0.5, 0.6) is 5.75 Å². The van der Waals surface area contributed by atoms with Crippen LogP contribution in [0.15, 0.2) is 0 Å². The molecule has 1 aromatic rings. The van der Waals surface area contributed by atoms with Gasteiger partial charge in [-0.15, -0.1) is 0 Å². The first-order valence-corrected chi connectivity index (χ1v) is 7.04. The van der Waals surface area contributed by atoms with Crippen molar-refractivity contribution in [3.63, 3.8) is 0 Å². The molecule has 98 valence electrons. The third-order valence-electron chi connectivity index (χ3n) is 2.46. The Morgan fingerprint density at radius 1 is 1.41 bits per heavy atom. The standard InChI is InChI=1S/C12H23N3OS/c1-5-7-8-15(6-2)12-10(16-9(3)4)11(13)14-17-12/h9H,5-8H2,1-4H3,(H2,13,14). The summed E-state index contributed by atoms with van der Waals surface area (Å²) >= 11 is 1.43. The number of rotatable bonds is 7. The van der Waals surface area contributed by atoms with E-state index in [1.807, 2.05) is 13.8 Å². The molecule has 0 saturated carbocycles. The lowest BCUT2D eigenvalue weighted by Crippen LogP contribution is -2.24. The monoisotopic (exact) mass is 257 g/mol. The second-order valence-electron chi connectivity index (χ2n) is 4.30. The first-order chi connectivity index (χ1) is 8.10. The lowest BCUT2D eigenvalue weighted by Gasteiger charge is -2.22. The molecule has 0 amide bonds. The third kappa shape index (κ3) is 3.77. The van der Waals surface area contributed by atoms with Crippen molar-refractivity contribution in [2.24, 2.45) is 0 Å². The molecular weight excluding hydrogens is 234 g/mol. The van der Waals surface area contributed by atoms with Crippen molar-refractivity contribution in [1.29, 1.82) is 0 Å². The van der Waals surface area contributed by atoms with Crippen molar-refractivity contribution in [1.82, 2.24) is 4.37 Å². The Morgan fingerprint density at radius 3 is 2.65 bits per heavy atom. The summed E-state index contributed by atoms with van der Waals surface area (Å²) in [6.07, 6.45) is 2.48. The van der Waals surface area contributed by atoms with Gasteiger partial charge in [0.15, 0.2) is 16.6 Å². The topological polar surface area (TPSA) is 51.4 Å². The van der Waals surface area contributed by atoms with Crippen LogP contribution in [-0.2, 0) is 0 Å². The summed E-state index contributed by atoms with van der Waals surface area (Å²) in [6.45, 7) is 10.3. The molecule has 0 atom stereocenters. The Hall–Kier alpha value is -0.970. The average Bonchev–Trinajstić information content (AvgIpc) is 2.62. The SMILES string of the molecule is CCCCN(CC)c1snc(N)c1OC(C)C. The molecule has 0 aromatic carbocycles. The van der Waals surface area contributed by atoms with Gasteiger partial charge in [-0.05, 0) is 38.7 Å². The average molecular weight is 257 g/mol. The van der Waals surface area contributed by atoms with Crippen LogP contribution in [0.4, 0.5) is 10.8 Å². The smallest absolute Gasteiger partial charge is 0.198 e. The van der Waals surface area contributed by atoms with E-state index in [-0.39, 0.29) is 6.10 Å². The second-order valence-corrected chi connectivity index (χ2v) is 5.05. The van der Waals surface area contributed by atoms with Gasteiger partial charge >= 0.3 is 0 Å². The summed E-state index contributed by atoms with van der Waals surface area (Å²) in [6, 6.07) is 0. The maximum absolute atomic E-state index is 5.86. The number of hydrogen-bond donors (Lipinski definition) is 1. The number of nitrogens with zero attached hydrogens (tertiary/aromatic N) is 2. The first-order valence-electron chi connectivity index (χ1n) is 6.26. The number of aromatic nitrogens is 1. The molecule has 0 aliphatic heterocycles. The molecule has 0 aliphatic carbocycles. The minimum atomic E-state index is 0.123. The maximum Gasteiger partial charge on any atom is 0.198 e. The van der Waals surface area contributed by atoms with Gasteiger partial charge in [-0.3, -0.25) is 0 Å². The number of ether oxygens (including phenoxy) is 1. The van der Waals surface area contributed by atoms with Crippen LogP contribution in [0.1, 0.15) is 40.5 Å². The summed E-state index contributed by atoms with van der Waals surface area (Å²) < 4.78 is 9.96. The molecule has 2 N–H and O–H groups in total. The maximum atomic E-state index is 5.86. The normalized spacial score (nSPS) is 10.9. The zero-order chi connectivity index (χ0) is 12.8. The Kier molecular flexibility index (Phi) is 5.55. The fraction of sp³-hybridized carbons (Fsp3) is 0.750. The third-order valence-corrected chi connectivity index (χ3v) is 3.37. The zero-order valence-corrected chi connectivity index (χ0v) is 12.0. The molecular formula is C12H23N3OS. The van der Waals surface area contributed by atoms with Gasteiger partial charge in [-0.25, -0.2) is 0 Å². The van der Waals surface area contributed by atoms with Crippen LogP contribution in [0.2, 0.25) is 0 Å². The Balaban J connectivity index is 2.86. The Morgan fingerprint density at radius 2 is 2.12 bits per heavy atom. The van der Waals surface area contributed by atoms with Gasteiger partial charge in [-0.2, -0.15) is 4.37 Å². The molecule has 0 fully saturated rings. The molecule has 1 rings (SSSR count). The van der Waals surface area contributed by atoms with E-state index in [0.717, 1.165) is 23.8 Å². The molecule has 5 heteroatoms. The van der Waals surface area contributed by atoms with Crippen molar-refractivity contribution >= 4 is 22.4 Å². The molecule has 0 radical (unpaired) electrons. The Bertz CT molecular complexity index is 338. The van der Waals surface area contributed by atoms with Crippen LogP contribution < -0.4 is 15.4 Å². The highest BCUT2D eigenvalue weighted by molar-refractivity contribution is 7.11. The van der Waals surface area contributed by atoms with Gasteiger partial charge < -0.3 is 15.4 Å². The highest BCUT2D eigenvalue weighted by atomic mass is 32.1. The number of nitrogen functional groups attached to an aromatic ring is 1. The van der Waals surface area contributed by atoms with E-state index < -0.39 is 0 Å². The fourth-order valence-corrected chi connectivity index (χ4v) is 2.42. The van der Waals surface area contributed by atoms with Crippen molar-refractivity contribution in [3.05, 3.63) is 0 Å². The molecule has 0 saturated heterocycles. The molecule has 1 heterocycles. The van der Waals surface area contributed by atoms with E-state index in [1.165, 1.54) is 24.4 Å². The Labute approximate surface area is 108 Å². The van der Waals surface area contributed by atoms with Crippen molar-refractivity contribution in [3.8, 4) is 5.75 Å². The van der Waals surface area contributed by atoms with Crippen LogP contribution in [0.25, 0.3) is 0 Å². The lowest BCUT2D eigenvalue weighted by molar-refractivity contribution is 0.245. The highest BCUT2D eigenvalue weighted by Gasteiger charge is 2.18. The van der Waals surface area contributed by atoms with Crippen molar-refractivity contribution < 1.29 is 4.74 Å². The predicted octanol–water partition coefficient (Wildman–Crippen LogP) is 3.14. The fourth-order valence-electron chi connectivity index (χ4n) is 1.58. The summed E-state index contributed by atoms with van der Waals surface area (Å²) in [5, 5.41) is 1.06. The van der Waals surface area contributed by atoms with Gasteiger partial charge in [0.1, 0.15) is 0 Å². The molecule has 0 spiro atoms. The molecule has 0 aliphatic rings. The molecule has 0 unspecified atom stereocenters. The number of unbranched alkanes of at least 4 members (excludes halogenated alkanes) is 1. The lowest BCUT2D eigenvalue weighted by atomic mass is 10.3. The van der Waals surface area contributed by atoms with Crippen molar-refractivity contribution in [2.75, 3.05) is 23.7 Å². The number of nitrogens with two attached hydrogens (primary N) is 1. The quantitative estimate of drug-likeness (QED) is 0.815. The van der Waals surface area contributed by atoms with Gasteiger partial charge in [-0.1, -0.05) is 13.3 Å². The van der Waals surface area contributed by atoms with E-state index in [2.05, 4.69) is 23.1 Å². The van der Waals surface area contributed by atoms with Crippen LogP contribution in [-0.4, -0.2) is 23.6 Å². The van der Waals surface area contributed by atoms with E-state index in [4.69, 9.17) is 10.5 Å². The van der Waals surface area contributed by atoms with E-state index in [9.17, 15) is 0 Å². The molecule has 1 aromatic heterocycles. The van der Waals surface area contributed by atoms with Crippen molar-refractivity contribution in [2.45, 2.75) is 46.6 Å². The second kappa shape index (κ2) is 6.69. The van der Waals surface area contributed by atoms with Crippen LogP contribution >= 0.6 is 11.5 Å². The van der Waals surface area contributed by atoms with Gasteiger partial charge in [0.25, 0.3) is 0 Å².